The van der Waals surface area contributed by atoms with Crippen LogP contribution in [0.4, 0.5) is 0 Å². The maximum absolute atomic E-state index is 10.9. The van der Waals surface area contributed by atoms with E-state index in [1.54, 1.807) is 11.8 Å². The summed E-state index contributed by atoms with van der Waals surface area (Å²) in [4.78, 5) is 0. The average molecular weight is 281 g/mol. The highest BCUT2D eigenvalue weighted by atomic mass is 32.2. The summed E-state index contributed by atoms with van der Waals surface area (Å²) < 4.78 is 21.9. The standard InChI is InChI=1S/C11H23NO3S2/c1-11(9-13,12-10-3-4-10)5-6-16-7-8-17(2,14)15/h10,12-13H,3-9H2,1-2H3. The Bertz CT molecular complexity index is 328. The summed E-state index contributed by atoms with van der Waals surface area (Å²) in [6, 6.07) is 0.577. The Morgan fingerprint density at radius 1 is 1.41 bits per heavy atom. The van der Waals surface area contributed by atoms with Gasteiger partial charge in [-0.1, -0.05) is 0 Å². The van der Waals surface area contributed by atoms with Crippen LogP contribution >= 0.6 is 11.8 Å². The Hall–Kier alpha value is 0.220. The first kappa shape index (κ1) is 15.3. The lowest BCUT2D eigenvalue weighted by Crippen LogP contribution is -2.47. The second kappa shape index (κ2) is 6.41. The third-order valence-electron chi connectivity index (χ3n) is 2.88. The Labute approximate surface area is 108 Å². The van der Waals surface area contributed by atoms with Crippen LogP contribution in [-0.4, -0.2) is 55.2 Å². The van der Waals surface area contributed by atoms with Crippen molar-refractivity contribution in [3.8, 4) is 0 Å². The number of nitrogens with one attached hydrogen (secondary N) is 1. The van der Waals surface area contributed by atoms with Crippen molar-refractivity contribution < 1.29 is 13.5 Å². The van der Waals surface area contributed by atoms with Crippen LogP contribution in [0.3, 0.4) is 0 Å². The zero-order valence-electron chi connectivity index (χ0n) is 10.6. The molecule has 4 nitrogen and oxygen atoms in total. The molecule has 0 spiro atoms. The van der Waals surface area contributed by atoms with E-state index in [4.69, 9.17) is 0 Å². The number of sulfone groups is 1. The van der Waals surface area contributed by atoms with E-state index >= 15 is 0 Å². The lowest BCUT2D eigenvalue weighted by atomic mass is 10.0. The second-order valence-corrected chi connectivity index (χ2v) is 8.61. The van der Waals surface area contributed by atoms with E-state index in [0.29, 0.717) is 11.8 Å². The molecular weight excluding hydrogens is 258 g/mol. The largest absolute Gasteiger partial charge is 0.394 e. The van der Waals surface area contributed by atoms with Crippen molar-refractivity contribution in [3.63, 3.8) is 0 Å². The molecule has 0 radical (unpaired) electrons. The lowest BCUT2D eigenvalue weighted by molar-refractivity contribution is 0.169. The third-order valence-corrected chi connectivity index (χ3v) is 5.07. The zero-order chi connectivity index (χ0) is 12.9. The van der Waals surface area contributed by atoms with Gasteiger partial charge in [-0.2, -0.15) is 11.8 Å². The van der Waals surface area contributed by atoms with Crippen molar-refractivity contribution in [3.05, 3.63) is 0 Å². The molecule has 0 aromatic heterocycles. The van der Waals surface area contributed by atoms with Crippen LogP contribution in [0.15, 0.2) is 0 Å². The first-order valence-electron chi connectivity index (χ1n) is 5.99. The molecule has 1 atom stereocenters. The zero-order valence-corrected chi connectivity index (χ0v) is 12.2. The maximum atomic E-state index is 10.9. The van der Waals surface area contributed by atoms with Gasteiger partial charge in [0.1, 0.15) is 9.84 Å². The second-order valence-electron chi connectivity index (χ2n) is 5.13. The molecule has 0 heterocycles. The minimum atomic E-state index is -2.84. The van der Waals surface area contributed by atoms with Gasteiger partial charge in [-0.25, -0.2) is 8.42 Å². The molecule has 1 unspecified atom stereocenters. The predicted octanol–water partition coefficient (Wildman–Crippen LogP) is 0.657. The van der Waals surface area contributed by atoms with Crippen molar-refractivity contribution in [1.29, 1.82) is 0 Å². The number of rotatable bonds is 9. The van der Waals surface area contributed by atoms with Crippen LogP contribution in [0.5, 0.6) is 0 Å². The lowest BCUT2D eigenvalue weighted by Gasteiger charge is -2.28. The van der Waals surface area contributed by atoms with Crippen LogP contribution in [0.1, 0.15) is 26.2 Å². The minimum Gasteiger partial charge on any atom is -0.394 e. The van der Waals surface area contributed by atoms with Gasteiger partial charge in [-0.15, -0.1) is 0 Å². The quantitative estimate of drug-likeness (QED) is 0.608. The molecule has 0 aliphatic heterocycles. The number of aliphatic hydroxyl groups is 1. The molecule has 102 valence electrons. The monoisotopic (exact) mass is 281 g/mol. The molecule has 2 N–H and O–H groups in total. The van der Waals surface area contributed by atoms with Crippen molar-refractivity contribution in [2.24, 2.45) is 0 Å². The fourth-order valence-corrected chi connectivity index (χ4v) is 4.01. The molecule has 6 heteroatoms. The van der Waals surface area contributed by atoms with Gasteiger partial charge >= 0.3 is 0 Å². The van der Waals surface area contributed by atoms with Gasteiger partial charge in [0, 0.05) is 23.6 Å². The normalized spacial score (nSPS) is 20.2. The third kappa shape index (κ3) is 7.28. The van der Waals surface area contributed by atoms with Crippen LogP contribution in [-0.2, 0) is 9.84 Å². The van der Waals surface area contributed by atoms with Gasteiger partial charge in [0.2, 0.25) is 0 Å². The van der Waals surface area contributed by atoms with Crippen LogP contribution in [0.2, 0.25) is 0 Å². The molecule has 0 aromatic carbocycles. The summed E-state index contributed by atoms with van der Waals surface area (Å²) in [5.74, 6) is 1.76. The SMILES string of the molecule is CC(CO)(CCSCCS(C)(=O)=O)NC1CC1. The molecule has 17 heavy (non-hydrogen) atoms. The Morgan fingerprint density at radius 3 is 2.53 bits per heavy atom. The van der Waals surface area contributed by atoms with Gasteiger partial charge in [0.25, 0.3) is 0 Å². The van der Waals surface area contributed by atoms with E-state index in [1.807, 2.05) is 6.92 Å². The highest BCUT2D eigenvalue weighted by Gasteiger charge is 2.31. The molecule has 1 rings (SSSR count). The summed E-state index contributed by atoms with van der Waals surface area (Å²) in [6.45, 7) is 2.17. The summed E-state index contributed by atoms with van der Waals surface area (Å²) in [7, 11) is -2.84. The highest BCUT2D eigenvalue weighted by Crippen LogP contribution is 2.24. The molecule has 1 aliphatic rings. The summed E-state index contributed by atoms with van der Waals surface area (Å²) in [5.41, 5.74) is -0.209. The first-order chi connectivity index (χ1) is 7.85. The molecule has 0 aromatic rings. The minimum absolute atomic E-state index is 0.135. The van der Waals surface area contributed by atoms with E-state index in [-0.39, 0.29) is 17.9 Å². The molecule has 1 saturated carbocycles. The molecule has 0 amide bonds. The molecule has 1 aliphatic carbocycles. The molecule has 0 bridgehead atoms. The summed E-state index contributed by atoms with van der Waals surface area (Å²) >= 11 is 1.64. The van der Waals surface area contributed by atoms with Crippen molar-refractivity contribution in [1.82, 2.24) is 5.32 Å². The fourth-order valence-electron chi connectivity index (χ4n) is 1.53. The Kier molecular flexibility index (Phi) is 5.76. The van der Waals surface area contributed by atoms with Gasteiger partial charge < -0.3 is 10.4 Å². The van der Waals surface area contributed by atoms with E-state index in [1.165, 1.54) is 19.1 Å². The Balaban J connectivity index is 2.14. The molecule has 1 fully saturated rings. The number of hydrogen-bond donors (Lipinski definition) is 2. The fraction of sp³-hybridized carbons (Fsp3) is 1.00. The average Bonchev–Trinajstić information content (AvgIpc) is 2.99. The van der Waals surface area contributed by atoms with Crippen LogP contribution in [0.25, 0.3) is 0 Å². The van der Waals surface area contributed by atoms with Crippen LogP contribution < -0.4 is 5.32 Å². The predicted molar refractivity (Wildman–Crippen MR) is 73.3 cm³/mol. The van der Waals surface area contributed by atoms with E-state index < -0.39 is 9.84 Å². The van der Waals surface area contributed by atoms with E-state index in [9.17, 15) is 13.5 Å². The first-order valence-corrected chi connectivity index (χ1v) is 9.20. The van der Waals surface area contributed by atoms with E-state index in [0.717, 1.165) is 12.2 Å². The Morgan fingerprint density at radius 2 is 2.06 bits per heavy atom. The summed E-state index contributed by atoms with van der Waals surface area (Å²) in [6.07, 6.45) is 4.54. The van der Waals surface area contributed by atoms with Gasteiger partial charge in [-0.3, -0.25) is 0 Å². The number of hydrogen-bond acceptors (Lipinski definition) is 5. The number of thioether (sulfide) groups is 1. The van der Waals surface area contributed by atoms with Crippen molar-refractivity contribution >= 4 is 21.6 Å². The molecule has 0 saturated heterocycles. The van der Waals surface area contributed by atoms with Gasteiger partial charge in [0.05, 0.1) is 12.4 Å². The van der Waals surface area contributed by atoms with Gasteiger partial charge in [0.15, 0.2) is 0 Å². The van der Waals surface area contributed by atoms with Gasteiger partial charge in [-0.05, 0) is 31.9 Å². The molecular formula is C11H23NO3S2. The topological polar surface area (TPSA) is 66.4 Å². The maximum Gasteiger partial charge on any atom is 0.148 e. The summed E-state index contributed by atoms with van der Waals surface area (Å²) in [5, 5.41) is 12.8. The smallest absolute Gasteiger partial charge is 0.148 e. The van der Waals surface area contributed by atoms with Crippen molar-refractivity contribution in [2.45, 2.75) is 37.8 Å². The van der Waals surface area contributed by atoms with E-state index in [2.05, 4.69) is 5.32 Å². The van der Waals surface area contributed by atoms with Crippen molar-refractivity contribution in [2.75, 3.05) is 30.1 Å². The number of aliphatic hydroxyl groups excluding tert-OH is 1. The van der Waals surface area contributed by atoms with Crippen LogP contribution in [0, 0.1) is 0 Å². The highest BCUT2D eigenvalue weighted by molar-refractivity contribution is 8.00.